The van der Waals surface area contributed by atoms with E-state index < -0.39 is 59.2 Å². The van der Waals surface area contributed by atoms with Crippen molar-refractivity contribution in [3.63, 3.8) is 0 Å². The maximum atomic E-state index is 14.6. The van der Waals surface area contributed by atoms with Crippen LogP contribution in [-0.2, 0) is 30.3 Å². The fraction of sp³-hybridized carbons (Fsp3) is 0.568. The van der Waals surface area contributed by atoms with E-state index in [4.69, 9.17) is 9.47 Å². The average Bonchev–Trinajstić information content (AvgIpc) is 2.97. The number of phenolic OH excluding ortho intramolecular Hbond substituents is 1. The van der Waals surface area contributed by atoms with Crippen LogP contribution >= 0.6 is 12.6 Å². The first-order valence-electron chi connectivity index (χ1n) is 16.5. The second kappa shape index (κ2) is 17.6. The summed E-state index contributed by atoms with van der Waals surface area (Å²) in [7, 11) is 0. The number of carbonyl (C=O) groups excluding carboxylic acids is 4. The minimum Gasteiger partial charge on any atom is -0.507 e. The van der Waals surface area contributed by atoms with Gasteiger partial charge in [0.1, 0.15) is 35.1 Å². The first-order valence-corrected chi connectivity index (χ1v) is 17.2. The van der Waals surface area contributed by atoms with Gasteiger partial charge in [-0.1, -0.05) is 62.4 Å². The molecule has 0 aliphatic rings. The van der Waals surface area contributed by atoms with Crippen molar-refractivity contribution in [3.05, 3.63) is 65.2 Å². The number of rotatable bonds is 14. The highest BCUT2D eigenvalue weighted by Crippen LogP contribution is 2.35. The quantitative estimate of drug-likeness (QED) is 0.136. The van der Waals surface area contributed by atoms with E-state index in [0.29, 0.717) is 17.9 Å². The minimum atomic E-state index is -1.39. The van der Waals surface area contributed by atoms with Gasteiger partial charge in [0.25, 0.3) is 0 Å². The van der Waals surface area contributed by atoms with Crippen molar-refractivity contribution in [2.24, 2.45) is 5.92 Å². The van der Waals surface area contributed by atoms with Gasteiger partial charge in [0.2, 0.25) is 11.8 Å². The van der Waals surface area contributed by atoms with Crippen LogP contribution in [0.25, 0.3) is 0 Å². The maximum absolute atomic E-state index is 14.6. The largest absolute Gasteiger partial charge is 0.507 e. The summed E-state index contributed by atoms with van der Waals surface area (Å²) in [5.74, 6) is -1.88. The molecule has 0 aromatic heterocycles. The van der Waals surface area contributed by atoms with Crippen LogP contribution in [-0.4, -0.2) is 69.0 Å². The van der Waals surface area contributed by atoms with Crippen molar-refractivity contribution in [1.82, 2.24) is 15.5 Å². The predicted octanol–water partition coefficient (Wildman–Crippen LogP) is 6.29. The normalized spacial score (nSPS) is 14.3. The molecule has 4 unspecified atom stereocenters. The van der Waals surface area contributed by atoms with Gasteiger partial charge in [-0.05, 0) is 85.3 Å². The lowest BCUT2D eigenvalue weighted by atomic mass is 9.95. The molecule has 48 heavy (non-hydrogen) atoms. The Morgan fingerprint density at radius 3 is 1.98 bits per heavy atom. The van der Waals surface area contributed by atoms with Crippen molar-refractivity contribution >= 4 is 36.5 Å². The number of alkyl carbamates (subject to hydrolysis) is 1. The van der Waals surface area contributed by atoms with Crippen LogP contribution in [0.4, 0.5) is 4.79 Å². The van der Waals surface area contributed by atoms with Gasteiger partial charge in [-0.25, -0.2) is 9.59 Å². The summed E-state index contributed by atoms with van der Waals surface area (Å²) in [6.45, 7) is 18.0. The highest BCUT2D eigenvalue weighted by Gasteiger charge is 2.41. The number of amides is 3. The molecule has 0 bridgehead atoms. The van der Waals surface area contributed by atoms with Crippen molar-refractivity contribution < 1.29 is 33.8 Å². The molecular weight excluding hydrogens is 630 g/mol. The maximum Gasteiger partial charge on any atom is 0.408 e. The van der Waals surface area contributed by atoms with E-state index >= 15 is 0 Å². The number of hydrogen-bond acceptors (Lipinski definition) is 8. The fourth-order valence-electron chi connectivity index (χ4n) is 5.11. The molecule has 2 aromatic carbocycles. The lowest BCUT2D eigenvalue weighted by molar-refractivity contribution is -0.159. The summed E-state index contributed by atoms with van der Waals surface area (Å²) < 4.78 is 11.1. The lowest BCUT2D eigenvalue weighted by Crippen LogP contribution is -2.57. The lowest BCUT2D eigenvalue weighted by Gasteiger charge is -2.39. The van der Waals surface area contributed by atoms with Crippen molar-refractivity contribution in [3.8, 4) is 5.75 Å². The highest BCUT2D eigenvalue weighted by molar-refractivity contribution is 7.80. The first-order chi connectivity index (χ1) is 22.2. The average molecular weight is 686 g/mol. The third-order valence-electron chi connectivity index (χ3n) is 7.44. The van der Waals surface area contributed by atoms with Gasteiger partial charge in [-0.15, -0.1) is 0 Å². The van der Waals surface area contributed by atoms with E-state index in [1.165, 1.54) is 4.90 Å². The van der Waals surface area contributed by atoms with E-state index in [0.717, 1.165) is 12.0 Å². The van der Waals surface area contributed by atoms with Gasteiger partial charge < -0.3 is 30.1 Å². The summed E-state index contributed by atoms with van der Waals surface area (Å²) in [5.41, 5.74) is -0.179. The Kier molecular flexibility index (Phi) is 14.8. The molecule has 10 nitrogen and oxygen atoms in total. The molecule has 3 amide bonds. The van der Waals surface area contributed by atoms with Crippen LogP contribution in [0.2, 0.25) is 0 Å². The number of aryl methyl sites for hydroxylation is 1. The standard InChI is InChI=1S/C37H55N3O7S/c1-23(2)19-20-25(4)40(33(43)29(22-48)39-35(45)47-37(8,9)10)30(27-18-14-15-24(3)31(27)41)32(42)38-28(34(44)46-36(5,6)7)21-26-16-12-11-13-17-26/h11-18,23,25,28-30,41,48H,19-22H2,1-10H3,(H,38,42)(H,39,45). The van der Waals surface area contributed by atoms with Gasteiger partial charge in [0, 0.05) is 23.8 Å². The second-order valence-electron chi connectivity index (χ2n) is 14.6. The molecule has 0 radical (unpaired) electrons. The Labute approximate surface area is 291 Å². The molecule has 0 fully saturated rings. The van der Waals surface area contributed by atoms with Gasteiger partial charge in [0.05, 0.1) is 0 Å². The number of aromatic hydroxyl groups is 1. The Balaban J connectivity index is 2.71. The highest BCUT2D eigenvalue weighted by atomic mass is 32.1. The van der Waals surface area contributed by atoms with E-state index in [2.05, 4.69) is 37.1 Å². The number of carbonyl (C=O) groups is 4. The number of hydrogen-bond donors (Lipinski definition) is 4. The molecule has 0 saturated carbocycles. The Bertz CT molecular complexity index is 1390. The van der Waals surface area contributed by atoms with Crippen LogP contribution in [0, 0.1) is 12.8 Å². The van der Waals surface area contributed by atoms with Gasteiger partial charge in [-0.2, -0.15) is 12.6 Å². The number of benzene rings is 2. The number of para-hydroxylation sites is 1. The topological polar surface area (TPSA) is 134 Å². The fourth-order valence-corrected chi connectivity index (χ4v) is 5.36. The number of nitrogens with zero attached hydrogens (tertiary/aromatic N) is 1. The third-order valence-corrected chi connectivity index (χ3v) is 7.81. The zero-order chi connectivity index (χ0) is 36.4. The number of phenols is 1. The molecule has 0 heterocycles. The summed E-state index contributed by atoms with van der Waals surface area (Å²) in [6.07, 6.45) is 0.575. The Morgan fingerprint density at radius 2 is 1.44 bits per heavy atom. The van der Waals surface area contributed by atoms with Crippen LogP contribution in [0.5, 0.6) is 5.75 Å². The molecule has 0 spiro atoms. The Hall–Kier alpha value is -3.73. The zero-order valence-corrected chi connectivity index (χ0v) is 31.0. The SMILES string of the molecule is Cc1cccc(C(C(=O)NC(Cc2ccccc2)C(=O)OC(C)(C)C)N(C(=O)C(CS)NC(=O)OC(C)(C)C)C(C)CCC(C)C)c1O. The molecule has 3 N–H and O–H groups in total. The molecule has 266 valence electrons. The minimum absolute atomic E-state index is 0.0891. The molecule has 0 aliphatic heterocycles. The number of nitrogens with one attached hydrogen (secondary N) is 2. The van der Waals surface area contributed by atoms with E-state index in [-0.39, 0.29) is 23.5 Å². The van der Waals surface area contributed by atoms with E-state index in [1.54, 1.807) is 66.7 Å². The van der Waals surface area contributed by atoms with Gasteiger partial charge >= 0.3 is 12.1 Å². The van der Waals surface area contributed by atoms with Gasteiger partial charge in [0.15, 0.2) is 0 Å². The van der Waals surface area contributed by atoms with Crippen LogP contribution in [0.15, 0.2) is 48.5 Å². The summed E-state index contributed by atoms with van der Waals surface area (Å²) in [5, 5.41) is 16.8. The van der Waals surface area contributed by atoms with Crippen LogP contribution in [0.3, 0.4) is 0 Å². The second-order valence-corrected chi connectivity index (χ2v) is 15.0. The molecule has 2 aromatic rings. The summed E-state index contributed by atoms with van der Waals surface area (Å²) in [4.78, 5) is 56.9. The van der Waals surface area contributed by atoms with Crippen LogP contribution < -0.4 is 10.6 Å². The van der Waals surface area contributed by atoms with E-state index in [1.807, 2.05) is 37.3 Å². The monoisotopic (exact) mass is 685 g/mol. The van der Waals surface area contributed by atoms with E-state index in [9.17, 15) is 24.3 Å². The number of esters is 1. The van der Waals surface area contributed by atoms with Crippen molar-refractivity contribution in [1.29, 1.82) is 0 Å². The molecule has 2 rings (SSSR count). The zero-order valence-electron chi connectivity index (χ0n) is 30.1. The first kappa shape index (κ1) is 40.4. The number of ether oxygens (including phenoxy) is 2. The molecule has 11 heteroatoms. The summed E-state index contributed by atoms with van der Waals surface area (Å²) in [6, 6.07) is 9.98. The van der Waals surface area contributed by atoms with Crippen molar-refractivity contribution in [2.75, 3.05) is 5.75 Å². The molecule has 0 aliphatic carbocycles. The van der Waals surface area contributed by atoms with Gasteiger partial charge in [-0.3, -0.25) is 9.59 Å². The molecule has 4 atom stereocenters. The number of thiol groups is 1. The molecule has 0 saturated heterocycles. The smallest absolute Gasteiger partial charge is 0.408 e. The van der Waals surface area contributed by atoms with Crippen LogP contribution in [0.1, 0.15) is 97.9 Å². The predicted molar refractivity (Wildman–Crippen MR) is 191 cm³/mol. The van der Waals surface area contributed by atoms with Crippen molar-refractivity contribution in [2.45, 2.75) is 124 Å². The third kappa shape index (κ3) is 12.7. The molecular formula is C37H55N3O7S. The summed E-state index contributed by atoms with van der Waals surface area (Å²) >= 11 is 4.38. The Morgan fingerprint density at radius 1 is 0.833 bits per heavy atom.